The molecule has 0 aliphatic carbocycles. The molecule has 1 aromatic heterocycles. The molecule has 0 saturated heterocycles. The van der Waals surface area contributed by atoms with Gasteiger partial charge < -0.3 is 10.1 Å². The molecule has 0 unspecified atom stereocenters. The van der Waals surface area contributed by atoms with Crippen molar-refractivity contribution in [3.63, 3.8) is 0 Å². The van der Waals surface area contributed by atoms with Gasteiger partial charge in [-0.1, -0.05) is 18.2 Å². The summed E-state index contributed by atoms with van der Waals surface area (Å²) in [7, 11) is 0. The van der Waals surface area contributed by atoms with Crippen LogP contribution >= 0.6 is 11.3 Å². The molecule has 0 radical (unpaired) electrons. The van der Waals surface area contributed by atoms with Crippen LogP contribution in [0.4, 0.5) is 0 Å². The number of thiophene rings is 1. The monoisotopic (exact) mass is 315 g/mol. The van der Waals surface area contributed by atoms with Crippen molar-refractivity contribution in [1.82, 2.24) is 5.32 Å². The highest BCUT2D eigenvalue weighted by molar-refractivity contribution is 7.10. The first-order valence-electron chi connectivity index (χ1n) is 7.54. The fourth-order valence-corrected chi connectivity index (χ4v) is 3.61. The smallest absolute Gasteiger partial charge is 0.225 e. The summed E-state index contributed by atoms with van der Waals surface area (Å²) in [6.07, 6.45) is 1.22. The lowest BCUT2D eigenvalue weighted by Gasteiger charge is -2.38. The van der Waals surface area contributed by atoms with Crippen LogP contribution in [0.1, 0.15) is 42.3 Å². The van der Waals surface area contributed by atoms with Crippen molar-refractivity contribution in [1.29, 1.82) is 0 Å². The van der Waals surface area contributed by atoms with Crippen LogP contribution in [0, 0.1) is 6.92 Å². The van der Waals surface area contributed by atoms with E-state index in [1.807, 2.05) is 17.5 Å². The molecule has 4 heteroatoms. The molecule has 1 aliphatic rings. The topological polar surface area (TPSA) is 38.3 Å². The minimum absolute atomic E-state index is 0.00631. The van der Waals surface area contributed by atoms with Gasteiger partial charge in [-0.2, -0.15) is 0 Å². The van der Waals surface area contributed by atoms with Gasteiger partial charge in [0.15, 0.2) is 0 Å². The Morgan fingerprint density at radius 1 is 1.41 bits per heavy atom. The summed E-state index contributed by atoms with van der Waals surface area (Å²) >= 11 is 1.62. The number of nitrogens with one attached hydrogen (secondary N) is 1. The summed E-state index contributed by atoms with van der Waals surface area (Å²) in [4.78, 5) is 13.4. The Labute approximate surface area is 135 Å². The number of benzene rings is 1. The SMILES string of the molecule is Cc1ccc2c(c1)OC(C)(C)C[C@H]2NC(=O)Cc1cccs1. The van der Waals surface area contributed by atoms with E-state index in [-0.39, 0.29) is 17.6 Å². The van der Waals surface area contributed by atoms with Crippen LogP contribution in [-0.2, 0) is 11.2 Å². The van der Waals surface area contributed by atoms with Gasteiger partial charge in [0, 0.05) is 16.9 Å². The Balaban J connectivity index is 1.79. The molecule has 22 heavy (non-hydrogen) atoms. The molecule has 1 aromatic carbocycles. The standard InChI is InChI=1S/C18H21NO2S/c1-12-6-7-14-15(11-18(2,3)21-16(14)9-12)19-17(20)10-13-5-4-8-22-13/h4-9,15H,10-11H2,1-3H3,(H,19,20)/t15-/m1/s1. The summed E-state index contributed by atoms with van der Waals surface area (Å²) < 4.78 is 6.07. The lowest BCUT2D eigenvalue weighted by Crippen LogP contribution is -2.41. The van der Waals surface area contributed by atoms with Crippen molar-refractivity contribution in [2.45, 2.75) is 45.3 Å². The Morgan fingerprint density at radius 2 is 2.23 bits per heavy atom. The van der Waals surface area contributed by atoms with E-state index in [2.05, 4.69) is 44.3 Å². The predicted octanol–water partition coefficient (Wildman–Crippen LogP) is 4.02. The summed E-state index contributed by atoms with van der Waals surface area (Å²) in [5.41, 5.74) is 1.96. The highest BCUT2D eigenvalue weighted by atomic mass is 32.1. The number of fused-ring (bicyclic) bond motifs is 1. The van der Waals surface area contributed by atoms with Crippen LogP contribution in [0.2, 0.25) is 0 Å². The lowest BCUT2D eigenvalue weighted by molar-refractivity contribution is -0.121. The molecule has 2 heterocycles. The number of carbonyl (C=O) groups is 1. The molecule has 116 valence electrons. The largest absolute Gasteiger partial charge is 0.487 e. The predicted molar refractivity (Wildman–Crippen MR) is 89.4 cm³/mol. The third-order valence-corrected chi connectivity index (χ3v) is 4.75. The van der Waals surface area contributed by atoms with Crippen molar-refractivity contribution < 1.29 is 9.53 Å². The molecule has 0 spiro atoms. The van der Waals surface area contributed by atoms with Gasteiger partial charge in [-0.25, -0.2) is 0 Å². The van der Waals surface area contributed by atoms with Gasteiger partial charge in [-0.3, -0.25) is 4.79 Å². The lowest BCUT2D eigenvalue weighted by atomic mass is 9.89. The summed E-state index contributed by atoms with van der Waals surface area (Å²) in [5.74, 6) is 0.953. The second-order valence-electron chi connectivity index (χ2n) is 6.48. The first-order valence-corrected chi connectivity index (χ1v) is 8.42. The quantitative estimate of drug-likeness (QED) is 0.929. The minimum Gasteiger partial charge on any atom is -0.487 e. The Morgan fingerprint density at radius 3 is 2.95 bits per heavy atom. The molecule has 0 fully saturated rings. The molecule has 1 aliphatic heterocycles. The summed E-state index contributed by atoms with van der Waals surface area (Å²) in [5, 5.41) is 5.17. The van der Waals surface area contributed by atoms with E-state index in [1.54, 1.807) is 11.3 Å². The second-order valence-corrected chi connectivity index (χ2v) is 7.52. The molecule has 1 atom stereocenters. The Kier molecular flexibility index (Phi) is 3.96. The number of rotatable bonds is 3. The van der Waals surface area contributed by atoms with E-state index < -0.39 is 0 Å². The van der Waals surface area contributed by atoms with Crippen LogP contribution < -0.4 is 10.1 Å². The molecule has 1 N–H and O–H groups in total. The van der Waals surface area contributed by atoms with Gasteiger partial charge >= 0.3 is 0 Å². The minimum atomic E-state index is -0.276. The summed E-state index contributed by atoms with van der Waals surface area (Å²) in [6.45, 7) is 6.18. The van der Waals surface area contributed by atoms with Crippen molar-refractivity contribution in [3.8, 4) is 5.75 Å². The van der Waals surface area contributed by atoms with Crippen LogP contribution in [0.15, 0.2) is 35.7 Å². The Bertz CT molecular complexity index is 676. The number of hydrogen-bond acceptors (Lipinski definition) is 3. The first kappa shape index (κ1) is 15.1. The molecule has 0 saturated carbocycles. The van der Waals surface area contributed by atoms with Gasteiger partial charge in [0.2, 0.25) is 5.91 Å². The van der Waals surface area contributed by atoms with Crippen molar-refractivity contribution in [2.75, 3.05) is 0 Å². The molecule has 2 aromatic rings. The summed E-state index contributed by atoms with van der Waals surface area (Å²) in [6, 6.07) is 10.2. The van der Waals surface area contributed by atoms with Gasteiger partial charge in [0.25, 0.3) is 0 Å². The highest BCUT2D eigenvalue weighted by Crippen LogP contribution is 2.39. The van der Waals surface area contributed by atoms with E-state index in [0.717, 1.165) is 22.6 Å². The molecular formula is C18H21NO2S. The molecule has 3 rings (SSSR count). The van der Waals surface area contributed by atoms with Crippen molar-refractivity contribution in [2.24, 2.45) is 0 Å². The van der Waals surface area contributed by atoms with Gasteiger partial charge in [0.05, 0.1) is 12.5 Å². The fraction of sp³-hybridized carbons (Fsp3) is 0.389. The van der Waals surface area contributed by atoms with Gasteiger partial charge in [-0.15, -0.1) is 11.3 Å². The van der Waals surface area contributed by atoms with Crippen LogP contribution in [0.25, 0.3) is 0 Å². The van der Waals surface area contributed by atoms with E-state index in [9.17, 15) is 4.79 Å². The first-order chi connectivity index (χ1) is 10.4. The van der Waals surface area contributed by atoms with Crippen molar-refractivity contribution >= 4 is 17.2 Å². The highest BCUT2D eigenvalue weighted by Gasteiger charge is 2.34. The van der Waals surface area contributed by atoms with Crippen LogP contribution in [0.3, 0.4) is 0 Å². The normalized spacial score (nSPS) is 19.1. The van der Waals surface area contributed by atoms with E-state index in [1.165, 1.54) is 5.56 Å². The number of aryl methyl sites for hydroxylation is 1. The zero-order valence-corrected chi connectivity index (χ0v) is 14.0. The van der Waals surface area contributed by atoms with Crippen molar-refractivity contribution in [3.05, 3.63) is 51.7 Å². The maximum absolute atomic E-state index is 12.3. The van der Waals surface area contributed by atoms with Gasteiger partial charge in [-0.05, 0) is 43.8 Å². The van der Waals surface area contributed by atoms with Gasteiger partial charge in [0.1, 0.15) is 11.4 Å². The van der Waals surface area contributed by atoms with E-state index >= 15 is 0 Å². The van der Waals surface area contributed by atoms with Crippen LogP contribution in [0.5, 0.6) is 5.75 Å². The maximum atomic E-state index is 12.3. The Hall–Kier alpha value is -1.81. The third-order valence-electron chi connectivity index (χ3n) is 3.88. The number of carbonyl (C=O) groups excluding carboxylic acids is 1. The number of amides is 1. The van der Waals surface area contributed by atoms with E-state index in [0.29, 0.717) is 6.42 Å². The molecule has 3 nitrogen and oxygen atoms in total. The average molecular weight is 315 g/mol. The third kappa shape index (κ3) is 3.33. The zero-order valence-electron chi connectivity index (χ0n) is 13.2. The second kappa shape index (κ2) is 5.76. The zero-order chi connectivity index (χ0) is 15.7. The average Bonchev–Trinajstić information content (AvgIpc) is 2.89. The molecule has 1 amide bonds. The molecular weight excluding hydrogens is 294 g/mol. The maximum Gasteiger partial charge on any atom is 0.225 e. The van der Waals surface area contributed by atoms with Crippen LogP contribution in [-0.4, -0.2) is 11.5 Å². The molecule has 0 bridgehead atoms. The number of ether oxygens (including phenoxy) is 1. The van der Waals surface area contributed by atoms with E-state index in [4.69, 9.17) is 4.74 Å². The number of hydrogen-bond donors (Lipinski definition) is 1. The fourth-order valence-electron chi connectivity index (χ4n) is 2.90.